The minimum Gasteiger partial charge on any atom is -0.494 e. The molecule has 1 aliphatic rings. The Morgan fingerprint density at radius 3 is 1.85 bits per heavy atom. The molecular weight excluding hydrogens is 782 g/mol. The van der Waals surface area contributed by atoms with Crippen LogP contribution in [-0.2, 0) is 13.2 Å². The highest BCUT2D eigenvalue weighted by molar-refractivity contribution is 7.99. The van der Waals surface area contributed by atoms with Gasteiger partial charge in [0.2, 0.25) is 0 Å². The molecule has 0 bridgehead atoms. The molecule has 0 radical (unpaired) electrons. The zero-order valence-electron chi connectivity index (χ0n) is 33.2. The summed E-state index contributed by atoms with van der Waals surface area (Å²) in [7, 11) is 0. The molecule has 0 fully saturated rings. The topological polar surface area (TPSA) is 40.2 Å². The number of benzene rings is 5. The molecule has 0 unspecified atom stereocenters. The number of ether oxygens (including phenoxy) is 4. The summed E-state index contributed by atoms with van der Waals surface area (Å²) in [5.74, 6) is -0.435. The molecule has 0 saturated carbocycles. The van der Waals surface area contributed by atoms with E-state index in [-0.39, 0.29) is 12.5 Å². The number of anilines is 2. The first-order chi connectivity index (χ1) is 28.7. The van der Waals surface area contributed by atoms with Gasteiger partial charge in [0, 0.05) is 24.2 Å². The lowest BCUT2D eigenvalue weighted by Crippen LogP contribution is -2.36. The Balaban J connectivity index is 1.00. The van der Waals surface area contributed by atoms with E-state index in [0.29, 0.717) is 32.2 Å². The monoisotopic (exact) mass is 833 g/mol. The summed E-state index contributed by atoms with van der Waals surface area (Å²) in [5, 5.41) is 0. The van der Waals surface area contributed by atoms with Gasteiger partial charge in [0.1, 0.15) is 42.8 Å². The first kappa shape index (κ1) is 43.7. The van der Waals surface area contributed by atoms with Gasteiger partial charge in [0.05, 0.1) is 18.3 Å². The standard InChI is InChI=1S/C48H52F5NO4S/c49-47(50,48(51,52)53)28-15-31-59-30-13-5-3-1-2-4-12-29-55-42-21-14-20-40(32-42)54-44-27-26-43(57-35-38-18-10-7-11-19-38)33-46(44)58-36-45(54)39-22-24-41(25-23-39)56-34-37-16-8-6-9-17-37/h6-11,14,16-27,32-33,45H,1-5,12-13,15,28-31,34-36H2/t45-/m0/s1. The summed E-state index contributed by atoms with van der Waals surface area (Å²) in [6.45, 7) is 1.98. The van der Waals surface area contributed by atoms with Crippen molar-refractivity contribution in [2.75, 3.05) is 29.6 Å². The van der Waals surface area contributed by atoms with Gasteiger partial charge in [-0.2, -0.15) is 33.7 Å². The number of alkyl halides is 5. The van der Waals surface area contributed by atoms with E-state index in [1.165, 1.54) is 11.8 Å². The van der Waals surface area contributed by atoms with Crippen molar-refractivity contribution in [3.05, 3.63) is 144 Å². The van der Waals surface area contributed by atoms with E-state index in [4.69, 9.17) is 18.9 Å². The SMILES string of the molecule is FC(F)(F)C(F)(F)CCCSCCCCCCCCCOc1cccc(N2c3ccc(OCc4ccccc4)cc3OC[C@H]2c2ccc(OCc3ccccc3)cc2)c1. The van der Waals surface area contributed by atoms with Crippen LogP contribution < -0.4 is 23.8 Å². The third-order valence-electron chi connectivity index (χ3n) is 10.2. The third kappa shape index (κ3) is 13.3. The second-order valence-electron chi connectivity index (χ2n) is 14.7. The molecule has 1 aliphatic heterocycles. The highest BCUT2D eigenvalue weighted by Gasteiger charge is 2.56. The Morgan fingerprint density at radius 2 is 1.17 bits per heavy atom. The van der Waals surface area contributed by atoms with Crippen molar-refractivity contribution in [3.8, 4) is 23.0 Å². The summed E-state index contributed by atoms with van der Waals surface area (Å²) in [6, 6.07) is 42.4. The first-order valence-electron chi connectivity index (χ1n) is 20.4. The molecule has 6 rings (SSSR count). The van der Waals surface area contributed by atoms with Crippen LogP contribution in [0.4, 0.5) is 33.3 Å². The van der Waals surface area contributed by atoms with Gasteiger partial charge in [0.15, 0.2) is 0 Å². The molecule has 5 aromatic carbocycles. The minimum absolute atomic E-state index is 0.119. The fraction of sp³-hybridized carbons (Fsp3) is 0.375. The molecule has 1 heterocycles. The highest BCUT2D eigenvalue weighted by atomic mass is 32.2. The summed E-state index contributed by atoms with van der Waals surface area (Å²) in [4.78, 5) is 2.30. The molecule has 59 heavy (non-hydrogen) atoms. The molecule has 5 aromatic rings. The number of fused-ring (bicyclic) bond motifs is 1. The van der Waals surface area contributed by atoms with Crippen LogP contribution in [-0.4, -0.2) is 36.8 Å². The molecule has 0 saturated heterocycles. The van der Waals surface area contributed by atoms with E-state index in [2.05, 4.69) is 35.2 Å². The van der Waals surface area contributed by atoms with E-state index >= 15 is 0 Å². The van der Waals surface area contributed by atoms with Crippen LogP contribution in [0.1, 0.15) is 80.5 Å². The Bertz CT molecular complexity index is 1980. The molecule has 11 heteroatoms. The number of halogens is 5. The molecule has 0 aromatic heterocycles. The number of thioether (sulfide) groups is 1. The maximum atomic E-state index is 13.0. The zero-order valence-corrected chi connectivity index (χ0v) is 34.0. The molecule has 5 nitrogen and oxygen atoms in total. The normalized spacial score (nSPS) is 14.1. The predicted octanol–water partition coefficient (Wildman–Crippen LogP) is 13.9. The molecule has 0 amide bonds. The molecule has 0 spiro atoms. The van der Waals surface area contributed by atoms with Crippen LogP contribution in [0.3, 0.4) is 0 Å². The second kappa shape index (κ2) is 21.9. The molecule has 1 atom stereocenters. The third-order valence-corrected chi connectivity index (χ3v) is 11.3. The fourth-order valence-electron chi connectivity index (χ4n) is 6.89. The second-order valence-corrected chi connectivity index (χ2v) is 15.9. The maximum absolute atomic E-state index is 13.0. The summed E-state index contributed by atoms with van der Waals surface area (Å²) in [6.07, 6.45) is 0.432. The quantitative estimate of drug-likeness (QED) is 0.0482. The van der Waals surface area contributed by atoms with Gasteiger partial charge >= 0.3 is 12.1 Å². The van der Waals surface area contributed by atoms with Crippen LogP contribution in [0, 0.1) is 0 Å². The van der Waals surface area contributed by atoms with Crippen molar-refractivity contribution >= 4 is 23.1 Å². The van der Waals surface area contributed by atoms with Crippen LogP contribution in [0.25, 0.3) is 0 Å². The van der Waals surface area contributed by atoms with Crippen molar-refractivity contribution < 1.29 is 40.9 Å². The number of rotatable bonds is 23. The lowest BCUT2D eigenvalue weighted by Gasteiger charge is -2.39. The maximum Gasteiger partial charge on any atom is 0.453 e. The van der Waals surface area contributed by atoms with Gasteiger partial charge in [-0.05, 0) is 83.9 Å². The van der Waals surface area contributed by atoms with Gasteiger partial charge in [-0.25, -0.2) is 0 Å². The molecule has 0 N–H and O–H groups in total. The van der Waals surface area contributed by atoms with Gasteiger partial charge in [-0.15, -0.1) is 0 Å². The van der Waals surface area contributed by atoms with Crippen LogP contribution in [0.5, 0.6) is 23.0 Å². The summed E-state index contributed by atoms with van der Waals surface area (Å²) >= 11 is 1.45. The van der Waals surface area contributed by atoms with E-state index in [0.717, 1.165) is 102 Å². The zero-order chi connectivity index (χ0) is 41.3. The number of hydrogen-bond acceptors (Lipinski definition) is 6. The summed E-state index contributed by atoms with van der Waals surface area (Å²) < 4.78 is 87.8. The van der Waals surface area contributed by atoms with Crippen LogP contribution >= 0.6 is 11.8 Å². The lowest BCUT2D eigenvalue weighted by atomic mass is 10.0. The van der Waals surface area contributed by atoms with E-state index < -0.39 is 18.5 Å². The average Bonchev–Trinajstić information content (AvgIpc) is 3.25. The minimum atomic E-state index is -5.46. The van der Waals surface area contributed by atoms with Crippen molar-refractivity contribution in [3.63, 3.8) is 0 Å². The molecule has 0 aliphatic carbocycles. The Kier molecular flexibility index (Phi) is 16.2. The van der Waals surface area contributed by atoms with Crippen LogP contribution in [0.2, 0.25) is 0 Å². The van der Waals surface area contributed by atoms with Crippen molar-refractivity contribution in [1.82, 2.24) is 0 Å². The van der Waals surface area contributed by atoms with Crippen molar-refractivity contribution in [1.29, 1.82) is 0 Å². The predicted molar refractivity (Wildman–Crippen MR) is 227 cm³/mol. The first-order valence-corrected chi connectivity index (χ1v) is 21.6. The smallest absolute Gasteiger partial charge is 0.453 e. The lowest BCUT2D eigenvalue weighted by molar-refractivity contribution is -0.284. The van der Waals surface area contributed by atoms with E-state index in [1.807, 2.05) is 97.1 Å². The molecule has 314 valence electrons. The fourth-order valence-corrected chi connectivity index (χ4v) is 7.85. The van der Waals surface area contributed by atoms with Gasteiger partial charge < -0.3 is 23.8 Å². The largest absolute Gasteiger partial charge is 0.494 e. The number of unbranched alkanes of at least 4 members (excludes halogenated alkanes) is 6. The highest BCUT2D eigenvalue weighted by Crippen LogP contribution is 2.46. The van der Waals surface area contributed by atoms with Crippen LogP contribution in [0.15, 0.2) is 127 Å². The van der Waals surface area contributed by atoms with Gasteiger partial charge in [-0.1, -0.05) is 111 Å². The van der Waals surface area contributed by atoms with E-state index in [9.17, 15) is 22.0 Å². The molecular formula is C48H52F5NO4S. The van der Waals surface area contributed by atoms with Crippen molar-refractivity contribution in [2.24, 2.45) is 0 Å². The van der Waals surface area contributed by atoms with E-state index in [1.54, 1.807) is 0 Å². The Hall–Kier alpha value is -4.90. The van der Waals surface area contributed by atoms with Gasteiger partial charge in [-0.3, -0.25) is 0 Å². The Morgan fingerprint density at radius 1 is 0.576 bits per heavy atom. The van der Waals surface area contributed by atoms with Gasteiger partial charge in [0.25, 0.3) is 0 Å². The number of hydrogen-bond donors (Lipinski definition) is 0. The summed E-state index contributed by atoms with van der Waals surface area (Å²) in [5.41, 5.74) is 5.20. The average molecular weight is 834 g/mol. The number of nitrogens with zero attached hydrogens (tertiary/aromatic N) is 1. The van der Waals surface area contributed by atoms with Crippen molar-refractivity contribution in [2.45, 2.75) is 89.1 Å². The Labute approximate surface area is 348 Å².